The van der Waals surface area contributed by atoms with Gasteiger partial charge in [-0.15, -0.1) is 0 Å². The summed E-state index contributed by atoms with van der Waals surface area (Å²) in [5.41, 5.74) is 1.75. The van der Waals surface area contributed by atoms with E-state index in [2.05, 4.69) is 40.9 Å². The monoisotopic (exact) mass is 240 g/mol. The molecule has 18 heavy (non-hydrogen) atoms. The molecule has 2 aromatic heterocycles. The molecule has 0 radical (unpaired) electrons. The van der Waals surface area contributed by atoms with Gasteiger partial charge in [0.05, 0.1) is 5.69 Å². The number of nitrogens with zero attached hydrogens (tertiary/aromatic N) is 4. The lowest BCUT2D eigenvalue weighted by Gasteiger charge is -2.15. The molecular weight excluding hydrogens is 224 g/mol. The van der Waals surface area contributed by atoms with Crippen LogP contribution in [0.15, 0.2) is 30.7 Å². The topological polar surface area (TPSA) is 51.6 Å². The highest BCUT2D eigenvalue weighted by molar-refractivity contribution is 5.66. The van der Waals surface area contributed by atoms with Gasteiger partial charge in [-0.3, -0.25) is 0 Å². The first-order valence-electron chi connectivity index (χ1n) is 5.84. The summed E-state index contributed by atoms with van der Waals surface area (Å²) in [4.78, 5) is 8.73. The Balaban J connectivity index is 2.14. The second-order valence-corrected chi connectivity index (χ2v) is 5.07. The third-order valence-electron chi connectivity index (χ3n) is 2.38. The Morgan fingerprint density at radius 3 is 2.33 bits per heavy atom. The van der Waals surface area contributed by atoms with Gasteiger partial charge in [0.1, 0.15) is 5.82 Å². The van der Waals surface area contributed by atoms with E-state index < -0.39 is 0 Å². The van der Waals surface area contributed by atoms with Gasteiger partial charge in [0.25, 0.3) is 0 Å². The molecule has 2 heterocycles. The second kappa shape index (κ2) is 5.04. The highest BCUT2D eigenvalue weighted by atomic mass is 15.1. The van der Waals surface area contributed by atoms with Gasteiger partial charge in [0, 0.05) is 29.6 Å². The molecule has 92 valence electrons. The third-order valence-corrected chi connectivity index (χ3v) is 2.38. The number of hydrogen-bond acceptors (Lipinski definition) is 4. The van der Waals surface area contributed by atoms with Crippen LogP contribution in [0.3, 0.4) is 0 Å². The largest absolute Gasteiger partial charge is 0.240 e. The summed E-state index contributed by atoms with van der Waals surface area (Å²) in [6.07, 6.45) is 9.11. The predicted octanol–water partition coefficient (Wildman–Crippen LogP) is 2.73. The minimum absolute atomic E-state index is 0.0207. The van der Waals surface area contributed by atoms with E-state index in [1.54, 1.807) is 6.20 Å². The fourth-order valence-electron chi connectivity index (χ4n) is 1.40. The molecule has 0 unspecified atom stereocenters. The molecule has 0 aromatic carbocycles. The Morgan fingerprint density at radius 1 is 1.06 bits per heavy atom. The van der Waals surface area contributed by atoms with Gasteiger partial charge in [-0.1, -0.05) is 20.8 Å². The standard InChI is InChI=1S/C14H16N4/c1-14(2,3)13-15-9-11(10-16-13)6-7-12-5-4-8-17-18-12/h4-10H,1-3H3/b7-6+. The molecule has 0 saturated heterocycles. The molecule has 2 rings (SSSR count). The van der Waals surface area contributed by atoms with E-state index in [9.17, 15) is 0 Å². The zero-order chi connectivity index (χ0) is 13.0. The molecule has 0 aliphatic rings. The van der Waals surface area contributed by atoms with Crippen LogP contribution in [0.2, 0.25) is 0 Å². The molecule has 0 fully saturated rings. The lowest BCUT2D eigenvalue weighted by molar-refractivity contribution is 0.545. The van der Waals surface area contributed by atoms with Gasteiger partial charge in [0.15, 0.2) is 0 Å². The molecule has 0 N–H and O–H groups in total. The molecule has 4 heteroatoms. The molecule has 0 spiro atoms. The van der Waals surface area contributed by atoms with Gasteiger partial charge in [-0.25, -0.2) is 9.97 Å². The molecule has 0 atom stereocenters. The summed E-state index contributed by atoms with van der Waals surface area (Å²) in [5, 5.41) is 7.78. The van der Waals surface area contributed by atoms with Crippen molar-refractivity contribution < 1.29 is 0 Å². The van der Waals surface area contributed by atoms with Crippen LogP contribution in [-0.2, 0) is 5.41 Å². The summed E-state index contributed by atoms with van der Waals surface area (Å²) in [5.74, 6) is 0.846. The normalized spacial score (nSPS) is 11.9. The van der Waals surface area contributed by atoms with Crippen LogP contribution in [0.1, 0.15) is 37.9 Å². The summed E-state index contributed by atoms with van der Waals surface area (Å²) in [6.45, 7) is 6.28. The minimum Gasteiger partial charge on any atom is -0.240 e. The lowest BCUT2D eigenvalue weighted by Crippen LogP contribution is -2.15. The Labute approximate surface area is 107 Å². The van der Waals surface area contributed by atoms with Crippen LogP contribution in [0.4, 0.5) is 0 Å². The van der Waals surface area contributed by atoms with Crippen molar-refractivity contribution in [3.8, 4) is 0 Å². The van der Waals surface area contributed by atoms with E-state index in [1.807, 2.05) is 36.7 Å². The Morgan fingerprint density at radius 2 is 1.78 bits per heavy atom. The number of rotatable bonds is 2. The first-order chi connectivity index (χ1) is 8.55. The average Bonchev–Trinajstić information content (AvgIpc) is 2.37. The van der Waals surface area contributed by atoms with Crippen molar-refractivity contribution >= 4 is 12.2 Å². The summed E-state index contributed by atoms with van der Waals surface area (Å²) in [7, 11) is 0. The maximum atomic E-state index is 4.36. The first-order valence-corrected chi connectivity index (χ1v) is 5.84. The van der Waals surface area contributed by atoms with Gasteiger partial charge in [-0.2, -0.15) is 10.2 Å². The van der Waals surface area contributed by atoms with Crippen LogP contribution < -0.4 is 0 Å². The molecule has 0 aliphatic carbocycles. The van der Waals surface area contributed by atoms with E-state index in [-0.39, 0.29) is 5.41 Å². The fourth-order valence-corrected chi connectivity index (χ4v) is 1.40. The molecule has 2 aromatic rings. The number of hydrogen-bond donors (Lipinski definition) is 0. The molecular formula is C14H16N4. The Hall–Kier alpha value is -2.10. The second-order valence-electron chi connectivity index (χ2n) is 5.07. The van der Waals surface area contributed by atoms with E-state index in [0.29, 0.717) is 0 Å². The summed E-state index contributed by atoms with van der Waals surface area (Å²) >= 11 is 0. The SMILES string of the molecule is CC(C)(C)c1ncc(/C=C/c2cccnn2)cn1. The smallest absolute Gasteiger partial charge is 0.133 e. The maximum absolute atomic E-state index is 4.36. The molecule has 0 amide bonds. The highest BCUT2D eigenvalue weighted by Gasteiger charge is 2.16. The van der Waals surface area contributed by atoms with Crippen molar-refractivity contribution in [2.45, 2.75) is 26.2 Å². The predicted molar refractivity (Wildman–Crippen MR) is 71.7 cm³/mol. The quantitative estimate of drug-likeness (QED) is 0.810. The molecule has 0 aliphatic heterocycles. The van der Waals surface area contributed by atoms with Crippen molar-refractivity contribution in [1.29, 1.82) is 0 Å². The van der Waals surface area contributed by atoms with Crippen LogP contribution in [0.5, 0.6) is 0 Å². The van der Waals surface area contributed by atoms with E-state index >= 15 is 0 Å². The molecule has 4 nitrogen and oxygen atoms in total. The fraction of sp³-hybridized carbons (Fsp3) is 0.286. The average molecular weight is 240 g/mol. The van der Waals surface area contributed by atoms with Crippen molar-refractivity contribution in [3.05, 3.63) is 47.8 Å². The maximum Gasteiger partial charge on any atom is 0.133 e. The van der Waals surface area contributed by atoms with Crippen LogP contribution in [0.25, 0.3) is 12.2 Å². The van der Waals surface area contributed by atoms with E-state index in [1.165, 1.54) is 0 Å². The van der Waals surface area contributed by atoms with Gasteiger partial charge in [-0.05, 0) is 24.3 Å². The Kier molecular flexibility index (Phi) is 3.46. The number of aromatic nitrogens is 4. The zero-order valence-corrected chi connectivity index (χ0v) is 10.8. The van der Waals surface area contributed by atoms with Crippen molar-refractivity contribution in [2.75, 3.05) is 0 Å². The summed E-state index contributed by atoms with van der Waals surface area (Å²) in [6, 6.07) is 3.75. The van der Waals surface area contributed by atoms with E-state index in [4.69, 9.17) is 0 Å². The molecule has 0 saturated carbocycles. The van der Waals surface area contributed by atoms with E-state index in [0.717, 1.165) is 17.1 Å². The Bertz CT molecular complexity index is 524. The first kappa shape index (κ1) is 12.4. The summed E-state index contributed by atoms with van der Waals surface area (Å²) < 4.78 is 0. The van der Waals surface area contributed by atoms with Gasteiger partial charge in [0.2, 0.25) is 0 Å². The van der Waals surface area contributed by atoms with Crippen molar-refractivity contribution in [2.24, 2.45) is 0 Å². The van der Waals surface area contributed by atoms with Crippen molar-refractivity contribution in [1.82, 2.24) is 20.2 Å². The highest BCUT2D eigenvalue weighted by Crippen LogP contribution is 2.17. The van der Waals surface area contributed by atoms with Crippen LogP contribution >= 0.6 is 0 Å². The minimum atomic E-state index is -0.0207. The molecule has 0 bridgehead atoms. The zero-order valence-electron chi connectivity index (χ0n) is 10.8. The van der Waals surface area contributed by atoms with Gasteiger partial charge < -0.3 is 0 Å². The van der Waals surface area contributed by atoms with Crippen LogP contribution in [0, 0.1) is 0 Å². The lowest BCUT2D eigenvalue weighted by atomic mass is 9.96. The van der Waals surface area contributed by atoms with Crippen molar-refractivity contribution in [3.63, 3.8) is 0 Å². The van der Waals surface area contributed by atoms with Crippen LogP contribution in [-0.4, -0.2) is 20.2 Å². The third kappa shape index (κ3) is 3.20. The van der Waals surface area contributed by atoms with Gasteiger partial charge >= 0.3 is 0 Å².